The van der Waals surface area contributed by atoms with Crippen LogP contribution in [0.2, 0.25) is 0 Å². The van der Waals surface area contributed by atoms with Crippen LogP contribution in [0.5, 0.6) is 0 Å². The average molecular weight is 428 g/mol. The van der Waals surface area contributed by atoms with Gasteiger partial charge in [0.15, 0.2) is 0 Å². The van der Waals surface area contributed by atoms with Gasteiger partial charge in [-0.2, -0.15) is 7.82 Å². The molecule has 0 atom stereocenters. The van der Waals surface area contributed by atoms with E-state index in [0.29, 0.717) is 0 Å². The Bertz CT molecular complexity index is 63.9. The smallest absolute Gasteiger partial charge is 0.822 e. The van der Waals surface area contributed by atoms with E-state index in [1.165, 1.54) is 0 Å². The van der Waals surface area contributed by atoms with E-state index in [0.717, 1.165) is 0 Å². The minimum Gasteiger partial charge on any atom is -0.822 e. The largest absolute Gasteiger partial charge is 1.00 e. The minimum atomic E-state index is -5.39. The van der Waals surface area contributed by atoms with Gasteiger partial charge in [0.05, 0.1) is 0 Å². The molecule has 0 rings (SSSR count). The zero-order chi connectivity index (χ0) is 4.50. The van der Waals surface area contributed by atoms with Crippen LogP contribution in [-0.2, 0) is 4.57 Å². The van der Waals surface area contributed by atoms with Gasteiger partial charge in [0.2, 0.25) is 0 Å². The Kier molecular flexibility index (Phi) is 1000. The first kappa shape index (κ1) is 186. The van der Waals surface area contributed by atoms with E-state index >= 15 is 0 Å². The molecule has 0 saturated heterocycles. The summed E-state index contributed by atoms with van der Waals surface area (Å²) in [6.45, 7) is 0. The number of hydrogen-bond donors (Lipinski definition) is 0. The van der Waals surface area contributed by atoms with Crippen LogP contribution < -0.4 is 169 Å². The second kappa shape index (κ2) is 108. The Labute approximate surface area is 241 Å². The molecule has 16 nitrogen and oxygen atoms in total. The van der Waals surface area contributed by atoms with Crippen LogP contribution in [0.1, 0.15) is 0 Å². The summed E-state index contributed by atoms with van der Waals surface area (Å²) >= 11 is 0. The second-order valence-corrected chi connectivity index (χ2v) is 1.34. The Morgan fingerprint density at radius 3 is 0.400 bits per heavy atom. The van der Waals surface area contributed by atoms with Crippen molar-refractivity contribution in [1.29, 1.82) is 0 Å². The molecule has 0 spiro atoms. The third-order valence-electron chi connectivity index (χ3n) is 0. The van der Waals surface area contributed by atoms with Crippen LogP contribution in [-0.4, -0.2) is 65.7 Å². The quantitative estimate of drug-likeness (QED) is 0.267. The summed E-state index contributed by atoms with van der Waals surface area (Å²) in [6, 6.07) is 0. The molecule has 20 heavy (non-hydrogen) atoms. The van der Waals surface area contributed by atoms with E-state index in [-0.39, 0.29) is 220 Å². The third-order valence-corrected chi connectivity index (χ3v) is 0. The van der Waals surface area contributed by atoms with Crippen LogP contribution in [0.3, 0.4) is 0 Å². The molecule has 0 heterocycles. The molecule has 0 aromatic rings. The Morgan fingerprint density at radius 2 is 0.400 bits per heavy atom. The van der Waals surface area contributed by atoms with Gasteiger partial charge in [0.25, 0.3) is 0 Å². The summed E-state index contributed by atoms with van der Waals surface area (Å²) in [5, 5.41) is 0. The maximum atomic E-state index is 8.55. The van der Waals surface area contributed by atoms with E-state index < -0.39 is 7.82 Å². The van der Waals surface area contributed by atoms with Crippen LogP contribution in [0.4, 0.5) is 0 Å². The van der Waals surface area contributed by atoms with Gasteiger partial charge in [-0.1, -0.05) is 0 Å². The molecule has 20 heteroatoms. The molecule has 0 aliphatic rings. The van der Waals surface area contributed by atoms with Gasteiger partial charge in [0, 0.05) is 0 Å². The van der Waals surface area contributed by atoms with Crippen LogP contribution in [0.25, 0.3) is 0 Å². The van der Waals surface area contributed by atoms with Crippen molar-refractivity contribution in [3.8, 4) is 0 Å². The fraction of sp³-hybridized carbons (Fsp3) is 0. The summed E-state index contributed by atoms with van der Waals surface area (Å²) < 4.78 is 8.55. The van der Waals surface area contributed by atoms with Gasteiger partial charge in [0.1, 0.15) is 0 Å². The summed E-state index contributed by atoms with van der Waals surface area (Å²) in [7, 11) is -5.39. The zero-order valence-corrected chi connectivity index (χ0v) is 21.3. The molecule has 0 radical (unpaired) electrons. The molecule has 0 bridgehead atoms. The molecule has 24 N–H and O–H groups in total. The Balaban J connectivity index is -0.000000000762. The third kappa shape index (κ3) is 508. The number of rotatable bonds is 0. The van der Waals surface area contributed by atoms with Gasteiger partial charge >= 0.3 is 154 Å². The van der Waals surface area contributed by atoms with Crippen molar-refractivity contribution in [3.63, 3.8) is 0 Å². The monoisotopic (exact) mass is 428 g/mol. The predicted molar refractivity (Wildman–Crippen MR) is 51.0 cm³/mol. The first-order valence-corrected chi connectivity index (χ1v) is 2.19. The van der Waals surface area contributed by atoms with Gasteiger partial charge < -0.3 is 85.0 Å². The maximum absolute atomic E-state index is 8.55. The van der Waals surface area contributed by atoms with E-state index in [1.54, 1.807) is 0 Å². The number of phosphoric acid groups is 1. The Hall–Kier alpha value is 4.54. The van der Waals surface area contributed by atoms with Gasteiger partial charge in [-0.25, -0.2) is 0 Å². The van der Waals surface area contributed by atoms with Crippen molar-refractivity contribution in [2.24, 2.45) is 0 Å². The summed E-state index contributed by atoms with van der Waals surface area (Å²) in [5.41, 5.74) is 0. The normalized spacial score (nSPS) is 2.95. The molecule has 0 aromatic carbocycles. The molecule has 0 aliphatic carbocycles. The summed E-state index contributed by atoms with van der Waals surface area (Å²) in [6.07, 6.45) is 0. The van der Waals surface area contributed by atoms with Crippen molar-refractivity contribution in [1.82, 2.24) is 0 Å². The number of hydrogen-bond acceptors (Lipinski definition) is 4. The average Bonchev–Trinajstić information content (AvgIpc) is 0.722. The molecular formula is H24K3O16P. The molecule has 0 amide bonds. The SMILES string of the molecule is O.O.O.O.O.O.O.O.O.O.O.O.O=P([O-])([O-])[O-].[K+].[K+].[K+]. The van der Waals surface area contributed by atoms with Crippen LogP contribution >= 0.6 is 7.82 Å². The van der Waals surface area contributed by atoms with E-state index in [9.17, 15) is 0 Å². The molecule has 0 aromatic heterocycles. The van der Waals surface area contributed by atoms with Gasteiger partial charge in [-0.15, -0.1) is 0 Å². The second-order valence-electron chi connectivity index (χ2n) is 0.447. The summed E-state index contributed by atoms with van der Waals surface area (Å²) in [4.78, 5) is 25.6. The minimum absolute atomic E-state index is 0. The van der Waals surface area contributed by atoms with Crippen molar-refractivity contribution in [2.45, 2.75) is 0 Å². The van der Waals surface area contributed by atoms with Crippen molar-refractivity contribution in [2.75, 3.05) is 0 Å². The van der Waals surface area contributed by atoms with Crippen LogP contribution in [0.15, 0.2) is 0 Å². The molecule has 0 saturated carbocycles. The standard InChI is InChI=1S/3K.H3O4P.12H2O/c;;;1-5(2,3)4;;;;;;;;;;;;/h;;;(H3,1,2,3,4);12*1H2/q3*+1;;;;;;;;;;;;;/p-3. The van der Waals surface area contributed by atoms with Crippen molar-refractivity contribution < 1.29 is 239 Å². The van der Waals surface area contributed by atoms with E-state index in [4.69, 9.17) is 19.2 Å². The van der Waals surface area contributed by atoms with Gasteiger partial charge in [-0.05, 0) is 0 Å². The predicted octanol–water partition coefficient (Wildman–Crippen LogP) is -21.7. The van der Waals surface area contributed by atoms with Gasteiger partial charge in [-0.3, -0.25) is 0 Å². The fourth-order valence-electron chi connectivity index (χ4n) is 0. The van der Waals surface area contributed by atoms with Crippen molar-refractivity contribution >= 4 is 7.82 Å². The zero-order valence-electron chi connectivity index (χ0n) is 11.1. The molecular weight excluding hydrogens is 404 g/mol. The van der Waals surface area contributed by atoms with E-state index in [1.807, 2.05) is 0 Å². The maximum Gasteiger partial charge on any atom is 1.00 e. The Morgan fingerprint density at radius 1 is 0.400 bits per heavy atom. The first-order chi connectivity index (χ1) is 2.00. The first-order valence-electron chi connectivity index (χ1n) is 0.730. The molecule has 0 aliphatic heterocycles. The topological polar surface area (TPSA) is 464 Å². The van der Waals surface area contributed by atoms with Crippen LogP contribution in [0, 0.1) is 0 Å². The molecule has 0 fully saturated rings. The van der Waals surface area contributed by atoms with Crippen molar-refractivity contribution in [3.05, 3.63) is 0 Å². The molecule has 128 valence electrons. The van der Waals surface area contributed by atoms with E-state index in [2.05, 4.69) is 0 Å². The fourth-order valence-corrected chi connectivity index (χ4v) is 0. The summed E-state index contributed by atoms with van der Waals surface area (Å²) in [5.74, 6) is 0. The molecule has 0 unspecified atom stereocenters.